The van der Waals surface area contributed by atoms with Crippen LogP contribution in [0.5, 0.6) is 5.75 Å². The second-order valence-corrected chi connectivity index (χ2v) is 9.08. The number of hydrogen-bond acceptors (Lipinski definition) is 5. The Labute approximate surface area is 217 Å². The van der Waals surface area contributed by atoms with Crippen molar-refractivity contribution in [3.8, 4) is 5.75 Å². The fourth-order valence-corrected chi connectivity index (χ4v) is 4.72. The van der Waals surface area contributed by atoms with Gasteiger partial charge >= 0.3 is 0 Å². The van der Waals surface area contributed by atoms with E-state index in [-0.39, 0.29) is 11.3 Å². The first-order valence-corrected chi connectivity index (χ1v) is 13.2. The molecule has 0 unspecified atom stereocenters. The third-order valence-electron chi connectivity index (χ3n) is 6.79. The minimum Gasteiger partial charge on any atom is -0.494 e. The lowest BCUT2D eigenvalue weighted by molar-refractivity contribution is -0.107. The lowest BCUT2D eigenvalue weighted by Crippen LogP contribution is -2.28. The highest BCUT2D eigenvalue weighted by molar-refractivity contribution is 5.95. The number of rotatable bonds is 14. The van der Waals surface area contributed by atoms with Gasteiger partial charge in [0.15, 0.2) is 0 Å². The molecule has 0 aliphatic rings. The summed E-state index contributed by atoms with van der Waals surface area (Å²) >= 11 is 0. The van der Waals surface area contributed by atoms with Gasteiger partial charge in [-0.25, -0.2) is 5.48 Å². The third-order valence-corrected chi connectivity index (χ3v) is 6.79. The van der Waals surface area contributed by atoms with Crippen molar-refractivity contribution >= 4 is 12.2 Å². The van der Waals surface area contributed by atoms with Gasteiger partial charge in [-0.15, -0.1) is 0 Å². The van der Waals surface area contributed by atoms with Crippen LogP contribution in [0.15, 0.2) is 36.4 Å². The minimum absolute atomic E-state index is 0.0116. The molecule has 6 nitrogen and oxygen atoms in total. The number of carbonyl (C=O) groups excluding carboxylic acids is 2. The van der Waals surface area contributed by atoms with E-state index in [0.717, 1.165) is 67.3 Å². The molecule has 0 heterocycles. The number of unbranched alkanes of at least 4 members (excludes halogenated alkanes) is 4. The second kappa shape index (κ2) is 16.9. The summed E-state index contributed by atoms with van der Waals surface area (Å²) < 4.78 is 5.74. The van der Waals surface area contributed by atoms with Crippen molar-refractivity contribution in [1.82, 2.24) is 10.8 Å². The van der Waals surface area contributed by atoms with E-state index in [4.69, 9.17) is 9.94 Å². The largest absolute Gasteiger partial charge is 0.494 e. The number of carbonyl (C=O) groups is 2. The molecule has 0 atom stereocenters. The van der Waals surface area contributed by atoms with Gasteiger partial charge in [-0.3, -0.25) is 4.79 Å². The number of aldehydes is 1. The standard InChI is InChI=1S/C29H41NO3.CH5NO/c1-6-29(7-2,25-15-17-27(33-8-3)23(5)21-25)24-14-16-26(22(4)20-24)28(32)30-18-12-10-9-11-13-19-31;1-2-3/h14-17,19-21H,6-13,18H2,1-5H3,(H,30,32);2-3H,1H3. The Bertz CT molecular complexity index is 939. The molecule has 1 amide bonds. The lowest BCUT2D eigenvalue weighted by atomic mass is 9.70. The Kier molecular flexibility index (Phi) is 14.7. The van der Waals surface area contributed by atoms with E-state index in [9.17, 15) is 9.59 Å². The van der Waals surface area contributed by atoms with Gasteiger partial charge in [0, 0.05) is 31.0 Å². The molecule has 2 rings (SSSR count). The molecule has 2 aromatic carbocycles. The smallest absolute Gasteiger partial charge is 0.251 e. The zero-order chi connectivity index (χ0) is 27.0. The zero-order valence-electron chi connectivity index (χ0n) is 23.1. The minimum atomic E-state index is -0.100. The van der Waals surface area contributed by atoms with E-state index >= 15 is 0 Å². The van der Waals surface area contributed by atoms with Crippen molar-refractivity contribution in [1.29, 1.82) is 0 Å². The van der Waals surface area contributed by atoms with Crippen LogP contribution in [0.4, 0.5) is 0 Å². The summed E-state index contributed by atoms with van der Waals surface area (Å²) in [4.78, 5) is 23.1. The Morgan fingerprint density at radius 3 is 2.06 bits per heavy atom. The first-order valence-electron chi connectivity index (χ1n) is 13.2. The zero-order valence-corrected chi connectivity index (χ0v) is 23.1. The summed E-state index contributed by atoms with van der Waals surface area (Å²) in [5.74, 6) is 0.928. The summed E-state index contributed by atoms with van der Waals surface area (Å²) in [7, 11) is 1.43. The summed E-state index contributed by atoms with van der Waals surface area (Å²) in [6, 6.07) is 12.8. The average molecular weight is 499 g/mol. The van der Waals surface area contributed by atoms with Crippen molar-refractivity contribution in [3.63, 3.8) is 0 Å². The predicted molar refractivity (Wildman–Crippen MR) is 147 cm³/mol. The van der Waals surface area contributed by atoms with E-state index in [2.05, 4.69) is 56.4 Å². The predicted octanol–water partition coefficient (Wildman–Crippen LogP) is 6.28. The molecule has 200 valence electrons. The van der Waals surface area contributed by atoms with E-state index in [1.54, 1.807) is 5.48 Å². The molecule has 0 saturated carbocycles. The van der Waals surface area contributed by atoms with Gasteiger partial charge < -0.3 is 20.1 Å². The van der Waals surface area contributed by atoms with E-state index in [0.29, 0.717) is 19.6 Å². The molecule has 0 bridgehead atoms. The quantitative estimate of drug-likeness (QED) is 0.162. The van der Waals surface area contributed by atoms with E-state index in [1.165, 1.54) is 18.2 Å². The van der Waals surface area contributed by atoms with Gasteiger partial charge in [0.05, 0.1) is 6.61 Å². The van der Waals surface area contributed by atoms with Crippen LogP contribution in [-0.2, 0) is 10.2 Å². The van der Waals surface area contributed by atoms with E-state index < -0.39 is 0 Å². The monoisotopic (exact) mass is 498 g/mol. The van der Waals surface area contributed by atoms with Gasteiger partial charge in [0.25, 0.3) is 5.91 Å². The Morgan fingerprint density at radius 1 is 0.944 bits per heavy atom. The van der Waals surface area contributed by atoms with Crippen molar-refractivity contribution in [3.05, 3.63) is 64.2 Å². The van der Waals surface area contributed by atoms with Gasteiger partial charge in [0.2, 0.25) is 0 Å². The van der Waals surface area contributed by atoms with Crippen LogP contribution in [0.1, 0.15) is 98.3 Å². The second-order valence-electron chi connectivity index (χ2n) is 9.08. The topological polar surface area (TPSA) is 87.7 Å². The van der Waals surface area contributed by atoms with Gasteiger partial charge in [-0.05, 0) is 80.8 Å². The Hall–Kier alpha value is -2.70. The Balaban J connectivity index is 0.00000205. The summed E-state index contributed by atoms with van der Waals surface area (Å²) in [5, 5.41) is 10.4. The lowest BCUT2D eigenvalue weighted by Gasteiger charge is -2.34. The van der Waals surface area contributed by atoms with Crippen LogP contribution < -0.4 is 15.5 Å². The highest BCUT2D eigenvalue weighted by Crippen LogP contribution is 2.40. The van der Waals surface area contributed by atoms with Crippen molar-refractivity contribution in [2.75, 3.05) is 20.2 Å². The van der Waals surface area contributed by atoms with Crippen LogP contribution in [0.3, 0.4) is 0 Å². The van der Waals surface area contributed by atoms with Gasteiger partial charge in [0.1, 0.15) is 12.0 Å². The fourth-order valence-electron chi connectivity index (χ4n) is 4.72. The molecule has 0 saturated heterocycles. The number of benzene rings is 2. The third kappa shape index (κ3) is 8.75. The number of hydrogen-bond donors (Lipinski definition) is 3. The number of aryl methyl sites for hydroxylation is 2. The highest BCUT2D eigenvalue weighted by atomic mass is 16.5. The molecule has 2 aromatic rings. The normalized spacial score (nSPS) is 10.9. The maximum atomic E-state index is 12.7. The van der Waals surface area contributed by atoms with Crippen LogP contribution >= 0.6 is 0 Å². The Morgan fingerprint density at radius 2 is 1.53 bits per heavy atom. The molecule has 0 spiro atoms. The van der Waals surface area contributed by atoms with Crippen molar-refractivity contribution in [2.24, 2.45) is 0 Å². The van der Waals surface area contributed by atoms with Crippen molar-refractivity contribution in [2.45, 2.75) is 85.0 Å². The average Bonchev–Trinajstić information content (AvgIpc) is 2.86. The maximum Gasteiger partial charge on any atom is 0.251 e. The molecule has 36 heavy (non-hydrogen) atoms. The van der Waals surface area contributed by atoms with Crippen LogP contribution in [0, 0.1) is 13.8 Å². The van der Waals surface area contributed by atoms with E-state index in [1.807, 2.05) is 19.9 Å². The molecule has 0 aliphatic carbocycles. The molecule has 3 N–H and O–H groups in total. The van der Waals surface area contributed by atoms with Gasteiger partial charge in [-0.1, -0.05) is 51.0 Å². The van der Waals surface area contributed by atoms with Crippen LogP contribution in [0.25, 0.3) is 0 Å². The number of amides is 1. The SMILES string of the molecule is CCOc1ccc(C(CC)(CC)c2ccc(C(=O)NCCCCCCC=O)c(C)c2)cc1C.CNO. The molecular weight excluding hydrogens is 452 g/mol. The first-order chi connectivity index (χ1) is 17.3. The fraction of sp³-hybridized carbons (Fsp3) is 0.533. The van der Waals surface area contributed by atoms with Crippen LogP contribution in [-0.4, -0.2) is 37.6 Å². The molecule has 0 radical (unpaired) electrons. The maximum absolute atomic E-state index is 12.7. The molecule has 0 aliphatic heterocycles. The van der Waals surface area contributed by atoms with Crippen molar-refractivity contribution < 1.29 is 19.5 Å². The summed E-state index contributed by atoms with van der Waals surface area (Å²) in [6.07, 6.45) is 7.49. The summed E-state index contributed by atoms with van der Waals surface area (Å²) in [6.45, 7) is 11.9. The number of hydroxylamine groups is 1. The van der Waals surface area contributed by atoms with Gasteiger partial charge in [-0.2, -0.15) is 0 Å². The first kappa shape index (κ1) is 31.3. The van der Waals surface area contributed by atoms with Crippen LogP contribution in [0.2, 0.25) is 0 Å². The molecular formula is C30H46N2O4. The number of ether oxygens (including phenoxy) is 1. The molecule has 0 fully saturated rings. The number of nitrogens with one attached hydrogen (secondary N) is 2. The molecule has 6 heteroatoms. The summed E-state index contributed by atoms with van der Waals surface area (Å²) in [5.41, 5.74) is 7.09. The highest BCUT2D eigenvalue weighted by Gasteiger charge is 2.31. The molecule has 0 aromatic heterocycles.